The van der Waals surface area contributed by atoms with Crippen LogP contribution in [0.2, 0.25) is 0 Å². The minimum absolute atomic E-state index is 0.218. The second kappa shape index (κ2) is 8.51. The Hall–Kier alpha value is -3.39. The zero-order chi connectivity index (χ0) is 22.2. The first-order chi connectivity index (χ1) is 16.3. The second-order valence-electron chi connectivity index (χ2n) is 9.13. The summed E-state index contributed by atoms with van der Waals surface area (Å²) in [6.07, 6.45) is 4.47. The van der Waals surface area contributed by atoms with E-state index in [2.05, 4.69) is 49.0 Å². The number of benzene rings is 1. The van der Waals surface area contributed by atoms with Crippen LogP contribution < -0.4 is 20.4 Å². The first-order valence-electron chi connectivity index (χ1n) is 11.8. The molecule has 3 aromatic rings. The summed E-state index contributed by atoms with van der Waals surface area (Å²) in [7, 11) is 0. The van der Waals surface area contributed by atoms with Crippen LogP contribution in [-0.2, 0) is 0 Å². The maximum atomic E-state index is 10.3. The number of aromatic nitrogens is 3. The summed E-state index contributed by atoms with van der Waals surface area (Å²) in [4.78, 5) is 9.65. The van der Waals surface area contributed by atoms with E-state index in [0.29, 0.717) is 23.2 Å². The van der Waals surface area contributed by atoms with Gasteiger partial charge in [0.2, 0.25) is 0 Å². The fourth-order valence-electron chi connectivity index (χ4n) is 5.30. The van der Waals surface area contributed by atoms with Crippen LogP contribution in [0.15, 0.2) is 48.7 Å². The molecule has 0 unspecified atom stereocenters. The summed E-state index contributed by atoms with van der Waals surface area (Å²) >= 11 is 0. The van der Waals surface area contributed by atoms with Crippen LogP contribution in [0.3, 0.4) is 0 Å². The number of phenols is 1. The largest absolute Gasteiger partial charge is 0.507 e. The van der Waals surface area contributed by atoms with Gasteiger partial charge in [0.05, 0.1) is 17.4 Å². The van der Waals surface area contributed by atoms with Crippen molar-refractivity contribution in [3.63, 3.8) is 0 Å². The Balaban J connectivity index is 1.20. The van der Waals surface area contributed by atoms with Gasteiger partial charge in [0.1, 0.15) is 11.6 Å². The number of fused-ring (bicyclic) bond motifs is 3. The summed E-state index contributed by atoms with van der Waals surface area (Å²) in [5, 5.41) is 25.9. The van der Waals surface area contributed by atoms with Gasteiger partial charge in [0.25, 0.3) is 0 Å². The molecule has 170 valence electrons. The van der Waals surface area contributed by atoms with Crippen molar-refractivity contribution in [3.05, 3.63) is 54.2 Å². The average Bonchev–Trinajstić information content (AvgIpc) is 2.89. The van der Waals surface area contributed by atoms with E-state index in [4.69, 9.17) is 4.98 Å². The smallest absolute Gasteiger partial charge is 0.172 e. The van der Waals surface area contributed by atoms with Crippen LogP contribution in [0.25, 0.3) is 11.3 Å². The minimum Gasteiger partial charge on any atom is -0.507 e. The molecule has 3 N–H and O–H groups in total. The molecule has 2 saturated heterocycles. The number of piperidine rings is 1. The van der Waals surface area contributed by atoms with E-state index in [1.54, 1.807) is 6.07 Å². The van der Waals surface area contributed by atoms with Gasteiger partial charge in [-0.1, -0.05) is 18.2 Å². The number of piperazine rings is 1. The lowest BCUT2D eigenvalue weighted by molar-refractivity contribution is 0.459. The monoisotopic (exact) mass is 443 g/mol. The first-order valence-corrected chi connectivity index (χ1v) is 11.8. The third-order valence-electron chi connectivity index (χ3n) is 7.16. The molecule has 8 nitrogen and oxygen atoms in total. The zero-order valence-electron chi connectivity index (χ0n) is 18.6. The van der Waals surface area contributed by atoms with Crippen molar-refractivity contribution in [2.24, 2.45) is 0 Å². The van der Waals surface area contributed by atoms with E-state index in [-0.39, 0.29) is 5.75 Å². The van der Waals surface area contributed by atoms with Crippen LogP contribution in [0.5, 0.6) is 5.75 Å². The van der Waals surface area contributed by atoms with Crippen molar-refractivity contribution in [3.8, 4) is 17.0 Å². The average molecular weight is 444 g/mol. The number of hydrogen-bond acceptors (Lipinski definition) is 8. The Morgan fingerprint density at radius 1 is 1.00 bits per heavy atom. The molecule has 0 spiro atoms. The third kappa shape index (κ3) is 3.84. The normalized spacial score (nSPS) is 20.7. The molecule has 3 aliphatic heterocycles. The minimum atomic E-state index is 0.218. The summed E-state index contributed by atoms with van der Waals surface area (Å²) < 4.78 is 0. The molecular weight excluding hydrogens is 414 g/mol. The number of aromatic hydroxyl groups is 1. The third-order valence-corrected chi connectivity index (χ3v) is 7.16. The zero-order valence-corrected chi connectivity index (χ0v) is 18.6. The molecule has 0 radical (unpaired) electrons. The molecule has 1 atom stereocenters. The van der Waals surface area contributed by atoms with Gasteiger partial charge in [-0.3, -0.25) is 0 Å². The van der Waals surface area contributed by atoms with Crippen molar-refractivity contribution in [1.29, 1.82) is 0 Å². The van der Waals surface area contributed by atoms with E-state index in [1.165, 1.54) is 18.4 Å². The molecule has 0 aliphatic carbocycles. The molecule has 6 rings (SSSR count). The van der Waals surface area contributed by atoms with E-state index < -0.39 is 0 Å². The van der Waals surface area contributed by atoms with E-state index in [1.807, 2.05) is 24.3 Å². The van der Waals surface area contributed by atoms with Gasteiger partial charge >= 0.3 is 0 Å². The Morgan fingerprint density at radius 2 is 1.88 bits per heavy atom. The molecule has 2 aromatic heterocycles. The molecule has 8 heteroatoms. The number of nitrogens with one attached hydrogen (secondary N) is 2. The molecular formula is C25H29N7O. The summed E-state index contributed by atoms with van der Waals surface area (Å²) in [5.74, 6) is 2.71. The lowest BCUT2D eigenvalue weighted by Gasteiger charge is -2.46. The molecule has 0 saturated carbocycles. The predicted octanol–water partition coefficient (Wildman–Crippen LogP) is 2.83. The molecule has 0 amide bonds. The van der Waals surface area contributed by atoms with Crippen LogP contribution in [0.1, 0.15) is 24.3 Å². The van der Waals surface area contributed by atoms with Crippen LogP contribution >= 0.6 is 0 Å². The van der Waals surface area contributed by atoms with E-state index in [9.17, 15) is 5.11 Å². The van der Waals surface area contributed by atoms with Crippen LogP contribution in [0, 0.1) is 0 Å². The number of para-hydroxylation sites is 1. The van der Waals surface area contributed by atoms with Crippen molar-refractivity contribution >= 4 is 17.3 Å². The fraction of sp³-hybridized carbons (Fsp3) is 0.400. The quantitative estimate of drug-likeness (QED) is 0.570. The first kappa shape index (κ1) is 20.2. The van der Waals surface area contributed by atoms with Gasteiger partial charge < -0.3 is 25.5 Å². The molecule has 3 aliphatic rings. The topological polar surface area (TPSA) is 89.4 Å². The van der Waals surface area contributed by atoms with E-state index in [0.717, 1.165) is 56.6 Å². The van der Waals surface area contributed by atoms with Gasteiger partial charge in [0, 0.05) is 37.9 Å². The summed E-state index contributed by atoms with van der Waals surface area (Å²) in [6.45, 7) is 5.72. The Bertz CT molecular complexity index is 1130. The van der Waals surface area contributed by atoms with Gasteiger partial charge in [-0.25, -0.2) is 4.98 Å². The summed E-state index contributed by atoms with van der Waals surface area (Å²) in [6, 6.07) is 14.1. The highest BCUT2D eigenvalue weighted by molar-refractivity contribution is 5.76. The highest BCUT2D eigenvalue weighted by Gasteiger charge is 2.33. The second-order valence-corrected chi connectivity index (χ2v) is 9.13. The molecule has 33 heavy (non-hydrogen) atoms. The van der Waals surface area contributed by atoms with Crippen LogP contribution in [0.4, 0.5) is 17.3 Å². The lowest BCUT2D eigenvalue weighted by atomic mass is 9.91. The summed E-state index contributed by atoms with van der Waals surface area (Å²) in [5.41, 5.74) is 3.80. The SMILES string of the molecule is Oc1ccccc1-c1cc2c(nn1)NC[C@H]1CN(c3ccc(C4CCNCC4)cn3)CCN21. The fourth-order valence-corrected chi connectivity index (χ4v) is 5.30. The molecule has 2 fully saturated rings. The Morgan fingerprint density at radius 3 is 2.70 bits per heavy atom. The number of nitrogens with zero attached hydrogens (tertiary/aromatic N) is 5. The van der Waals surface area contributed by atoms with Crippen molar-refractivity contribution in [1.82, 2.24) is 20.5 Å². The van der Waals surface area contributed by atoms with Crippen LogP contribution in [-0.4, -0.2) is 65.6 Å². The van der Waals surface area contributed by atoms with E-state index >= 15 is 0 Å². The number of pyridine rings is 1. The predicted molar refractivity (Wildman–Crippen MR) is 130 cm³/mol. The number of hydrogen-bond donors (Lipinski definition) is 3. The Kier molecular flexibility index (Phi) is 5.22. The molecule has 1 aromatic carbocycles. The number of rotatable bonds is 3. The standard InChI is InChI=1S/C25H29N7O/c33-23-4-2-1-3-20(23)21-13-22-25(30-29-21)28-15-19-16-31(11-12-32(19)22)24-6-5-18(14-27-24)17-7-9-26-10-8-17/h1-6,13-14,17,19,26,33H,7-12,15-16H2,(H,28,30)/t19-/m0/s1. The molecule has 5 heterocycles. The maximum absolute atomic E-state index is 10.3. The lowest BCUT2D eigenvalue weighted by Crippen LogP contribution is -2.58. The van der Waals surface area contributed by atoms with Crippen molar-refractivity contribution < 1.29 is 5.11 Å². The number of phenolic OH excluding ortho intramolecular Hbond substituents is 1. The van der Waals surface area contributed by atoms with Crippen molar-refractivity contribution in [2.75, 3.05) is 54.4 Å². The van der Waals surface area contributed by atoms with Gasteiger partial charge in [-0.2, -0.15) is 0 Å². The van der Waals surface area contributed by atoms with Gasteiger partial charge in [-0.15, -0.1) is 10.2 Å². The highest BCUT2D eigenvalue weighted by atomic mass is 16.3. The van der Waals surface area contributed by atoms with Gasteiger partial charge in [0.15, 0.2) is 5.82 Å². The molecule has 0 bridgehead atoms. The number of anilines is 3. The van der Waals surface area contributed by atoms with Crippen molar-refractivity contribution in [2.45, 2.75) is 24.8 Å². The maximum Gasteiger partial charge on any atom is 0.172 e. The Labute approximate surface area is 193 Å². The van der Waals surface area contributed by atoms with Gasteiger partial charge in [-0.05, 0) is 61.7 Å². The highest BCUT2D eigenvalue weighted by Crippen LogP contribution is 2.36.